The molecule has 0 aromatic carbocycles. The second-order valence-electron chi connectivity index (χ2n) is 5.53. The molecule has 0 spiro atoms. The number of rotatable bonds is 0. The molecule has 14 heavy (non-hydrogen) atoms. The summed E-state index contributed by atoms with van der Waals surface area (Å²) in [6.07, 6.45) is 1.60. The van der Waals surface area contributed by atoms with Gasteiger partial charge in [0.15, 0.2) is 5.79 Å². The van der Waals surface area contributed by atoms with E-state index in [1.807, 2.05) is 13.8 Å². The second kappa shape index (κ2) is 2.50. The molecule has 2 aliphatic heterocycles. The number of hydrogen-bond acceptors (Lipinski definition) is 3. The molecular weight excluding hydrogens is 196 g/mol. The van der Waals surface area contributed by atoms with E-state index >= 15 is 0 Å². The Morgan fingerprint density at radius 3 is 2.71 bits per heavy atom. The Bertz CT molecular complexity index is 278. The van der Waals surface area contributed by atoms with Crippen LogP contribution in [0.1, 0.15) is 34.1 Å². The average Bonchev–Trinajstić information content (AvgIpc) is 2.72. The molecule has 3 fully saturated rings. The molecule has 0 aromatic heterocycles. The van der Waals surface area contributed by atoms with Crippen LogP contribution in [0.2, 0.25) is 0 Å². The number of hydrogen-bond donors (Lipinski definition) is 0. The van der Waals surface area contributed by atoms with Crippen molar-refractivity contribution in [2.75, 3.05) is 0 Å². The molecule has 2 saturated heterocycles. The van der Waals surface area contributed by atoms with Gasteiger partial charge in [-0.1, -0.05) is 6.92 Å². The number of ether oxygens (including phenoxy) is 2. The molecule has 5 atom stereocenters. The fourth-order valence-corrected chi connectivity index (χ4v) is 4.79. The van der Waals surface area contributed by atoms with Crippen LogP contribution in [0.5, 0.6) is 0 Å². The fourth-order valence-electron chi connectivity index (χ4n) is 3.25. The Labute approximate surface area is 89.7 Å². The highest BCUT2D eigenvalue weighted by molar-refractivity contribution is 8.07. The Morgan fingerprint density at radius 2 is 2.00 bits per heavy atom. The van der Waals surface area contributed by atoms with E-state index in [9.17, 15) is 0 Å². The third-order valence-electron chi connectivity index (χ3n) is 3.71. The summed E-state index contributed by atoms with van der Waals surface area (Å²) in [5.41, 5.74) is -0.0312. The number of fused-ring (bicyclic) bond motifs is 3. The normalized spacial score (nSPS) is 59.1. The van der Waals surface area contributed by atoms with Crippen LogP contribution >= 0.6 is 11.8 Å². The minimum absolute atomic E-state index is 0.0312. The molecule has 1 aliphatic carbocycles. The zero-order chi connectivity index (χ0) is 10.1. The van der Waals surface area contributed by atoms with Gasteiger partial charge in [0.25, 0.3) is 0 Å². The first-order valence-electron chi connectivity index (χ1n) is 5.46. The van der Waals surface area contributed by atoms with Crippen LogP contribution in [-0.2, 0) is 9.47 Å². The van der Waals surface area contributed by atoms with Crippen molar-refractivity contribution < 1.29 is 9.47 Å². The summed E-state index contributed by atoms with van der Waals surface area (Å²) in [6, 6.07) is 0. The first-order valence-corrected chi connectivity index (χ1v) is 6.40. The van der Waals surface area contributed by atoms with E-state index < -0.39 is 0 Å². The van der Waals surface area contributed by atoms with E-state index in [0.29, 0.717) is 17.3 Å². The standard InChI is InChI=1S/C11H18O2S/c1-6-5-7-9(14-7)11(4)8(6)12-10(2,3)13-11/h6-9H,5H2,1-4H3/t6-,7-,8-,9-,11-/m0/s1. The molecule has 1 saturated carbocycles. The Balaban J connectivity index is 1.95. The summed E-state index contributed by atoms with van der Waals surface area (Å²) in [6.45, 7) is 8.60. The second-order valence-corrected chi connectivity index (χ2v) is 6.92. The van der Waals surface area contributed by atoms with Gasteiger partial charge in [-0.05, 0) is 33.1 Å². The lowest BCUT2D eigenvalue weighted by molar-refractivity contribution is -0.159. The van der Waals surface area contributed by atoms with Crippen LogP contribution in [0.15, 0.2) is 0 Å². The lowest BCUT2D eigenvalue weighted by atomic mass is 9.77. The van der Waals surface area contributed by atoms with Crippen molar-refractivity contribution in [1.29, 1.82) is 0 Å². The smallest absolute Gasteiger partial charge is 0.164 e. The van der Waals surface area contributed by atoms with Crippen molar-refractivity contribution in [3.8, 4) is 0 Å². The topological polar surface area (TPSA) is 18.5 Å². The van der Waals surface area contributed by atoms with Crippen LogP contribution in [-0.4, -0.2) is 28.0 Å². The lowest BCUT2D eigenvalue weighted by Crippen LogP contribution is -2.49. The Hall–Kier alpha value is 0.270. The SMILES string of the molecule is C[C@H]1C[C@@H]2S[C@@H]2[C@@]2(C)OC(C)(C)O[C@@H]12. The molecule has 3 rings (SSSR count). The minimum Gasteiger partial charge on any atom is -0.344 e. The molecule has 2 heterocycles. The van der Waals surface area contributed by atoms with E-state index in [0.717, 1.165) is 5.25 Å². The minimum atomic E-state index is -0.383. The maximum atomic E-state index is 6.12. The van der Waals surface area contributed by atoms with E-state index in [2.05, 4.69) is 25.6 Å². The van der Waals surface area contributed by atoms with Gasteiger partial charge in [-0.15, -0.1) is 11.8 Å². The van der Waals surface area contributed by atoms with Crippen LogP contribution in [0, 0.1) is 5.92 Å². The van der Waals surface area contributed by atoms with Crippen molar-refractivity contribution in [2.24, 2.45) is 5.92 Å². The molecular formula is C11H18O2S. The van der Waals surface area contributed by atoms with Crippen molar-refractivity contribution in [1.82, 2.24) is 0 Å². The molecule has 3 aliphatic rings. The maximum absolute atomic E-state index is 6.12. The quantitative estimate of drug-likeness (QED) is 0.577. The van der Waals surface area contributed by atoms with Crippen molar-refractivity contribution in [3.63, 3.8) is 0 Å². The van der Waals surface area contributed by atoms with Crippen molar-refractivity contribution >= 4 is 11.8 Å². The van der Waals surface area contributed by atoms with Gasteiger partial charge < -0.3 is 9.47 Å². The molecule has 0 aromatic rings. The predicted octanol–water partition coefficient (Wildman–Crippen LogP) is 2.42. The van der Waals surface area contributed by atoms with E-state index in [4.69, 9.17) is 9.47 Å². The van der Waals surface area contributed by atoms with Gasteiger partial charge in [0.2, 0.25) is 0 Å². The van der Waals surface area contributed by atoms with Gasteiger partial charge in [-0.2, -0.15) is 0 Å². The molecule has 0 N–H and O–H groups in total. The van der Waals surface area contributed by atoms with Gasteiger partial charge in [-0.3, -0.25) is 0 Å². The first kappa shape index (κ1) is 9.49. The molecule has 2 nitrogen and oxygen atoms in total. The maximum Gasteiger partial charge on any atom is 0.164 e. The van der Waals surface area contributed by atoms with Gasteiger partial charge in [0.1, 0.15) is 5.60 Å². The third-order valence-corrected chi connectivity index (χ3v) is 5.30. The van der Waals surface area contributed by atoms with E-state index in [1.165, 1.54) is 6.42 Å². The molecule has 0 radical (unpaired) electrons. The highest BCUT2D eigenvalue weighted by atomic mass is 32.2. The van der Waals surface area contributed by atoms with Gasteiger partial charge in [-0.25, -0.2) is 0 Å². The lowest BCUT2D eigenvalue weighted by Gasteiger charge is -2.35. The highest BCUT2D eigenvalue weighted by Gasteiger charge is 2.67. The fraction of sp³-hybridized carbons (Fsp3) is 1.00. The third kappa shape index (κ3) is 1.12. The molecule has 0 bridgehead atoms. The van der Waals surface area contributed by atoms with Gasteiger partial charge in [0, 0.05) is 10.5 Å². The van der Waals surface area contributed by atoms with Crippen LogP contribution in [0.3, 0.4) is 0 Å². The summed E-state index contributed by atoms with van der Waals surface area (Å²) >= 11 is 2.07. The van der Waals surface area contributed by atoms with Gasteiger partial charge >= 0.3 is 0 Å². The van der Waals surface area contributed by atoms with Crippen molar-refractivity contribution in [3.05, 3.63) is 0 Å². The zero-order valence-electron chi connectivity index (χ0n) is 9.24. The van der Waals surface area contributed by atoms with Crippen LogP contribution in [0.4, 0.5) is 0 Å². The van der Waals surface area contributed by atoms with E-state index in [-0.39, 0.29) is 11.4 Å². The molecule has 0 unspecified atom stereocenters. The Kier molecular flexibility index (Phi) is 1.70. The summed E-state index contributed by atoms with van der Waals surface area (Å²) < 4.78 is 12.2. The zero-order valence-corrected chi connectivity index (χ0v) is 10.1. The predicted molar refractivity (Wildman–Crippen MR) is 57.4 cm³/mol. The molecule has 3 heteroatoms. The summed E-state index contributed by atoms with van der Waals surface area (Å²) in [5.74, 6) is 0.254. The number of thioether (sulfide) groups is 1. The summed E-state index contributed by atoms with van der Waals surface area (Å²) in [7, 11) is 0. The largest absolute Gasteiger partial charge is 0.344 e. The van der Waals surface area contributed by atoms with E-state index in [1.54, 1.807) is 0 Å². The van der Waals surface area contributed by atoms with Crippen LogP contribution in [0.25, 0.3) is 0 Å². The monoisotopic (exact) mass is 214 g/mol. The summed E-state index contributed by atoms with van der Waals surface area (Å²) in [5, 5.41) is 1.52. The van der Waals surface area contributed by atoms with Gasteiger partial charge in [0.05, 0.1) is 6.10 Å². The Morgan fingerprint density at radius 1 is 1.29 bits per heavy atom. The average molecular weight is 214 g/mol. The molecule has 80 valence electrons. The summed E-state index contributed by atoms with van der Waals surface area (Å²) in [4.78, 5) is 0. The van der Waals surface area contributed by atoms with Crippen molar-refractivity contribution in [2.45, 2.75) is 62.1 Å². The first-order chi connectivity index (χ1) is 6.42. The molecule has 0 amide bonds. The van der Waals surface area contributed by atoms with Crippen LogP contribution < -0.4 is 0 Å². The highest BCUT2D eigenvalue weighted by Crippen LogP contribution is 2.62.